The third kappa shape index (κ3) is 5.73. The van der Waals surface area contributed by atoms with Crippen LogP contribution in [-0.2, 0) is 11.3 Å². The first-order valence-electron chi connectivity index (χ1n) is 9.77. The molecular formula is C20H29Cl3FN3O. The van der Waals surface area contributed by atoms with Crippen molar-refractivity contribution in [2.75, 3.05) is 26.2 Å². The van der Waals surface area contributed by atoms with Crippen molar-refractivity contribution in [3.63, 3.8) is 0 Å². The molecule has 4 nitrogen and oxygen atoms in total. The van der Waals surface area contributed by atoms with Gasteiger partial charge < -0.3 is 10.2 Å². The van der Waals surface area contributed by atoms with Gasteiger partial charge >= 0.3 is 0 Å². The number of nitrogens with one attached hydrogen (secondary N) is 1. The lowest BCUT2D eigenvalue weighted by molar-refractivity contribution is -0.134. The van der Waals surface area contributed by atoms with Crippen LogP contribution in [0.5, 0.6) is 0 Å². The molecule has 3 fully saturated rings. The Labute approximate surface area is 184 Å². The van der Waals surface area contributed by atoms with Crippen molar-refractivity contribution >= 4 is 42.3 Å². The second kappa shape index (κ2) is 10.4. The zero-order valence-electron chi connectivity index (χ0n) is 15.9. The molecule has 1 amide bonds. The van der Waals surface area contributed by atoms with Crippen molar-refractivity contribution in [2.24, 2.45) is 5.92 Å². The summed E-state index contributed by atoms with van der Waals surface area (Å²) in [5.74, 6) is 0.564. The lowest BCUT2D eigenvalue weighted by Gasteiger charge is -2.36. The summed E-state index contributed by atoms with van der Waals surface area (Å²) >= 11 is 6.13. The highest BCUT2D eigenvalue weighted by atomic mass is 35.5. The van der Waals surface area contributed by atoms with Crippen LogP contribution in [0.1, 0.15) is 37.7 Å². The number of nitrogens with zero attached hydrogens (tertiary/aromatic N) is 2. The number of benzene rings is 1. The molecule has 1 aromatic rings. The van der Waals surface area contributed by atoms with Gasteiger partial charge in [0, 0.05) is 56.3 Å². The number of halogens is 4. The maximum atomic E-state index is 13.2. The normalized spacial score (nSPS) is 27.1. The van der Waals surface area contributed by atoms with Gasteiger partial charge in [-0.3, -0.25) is 9.69 Å². The first-order valence-corrected chi connectivity index (χ1v) is 10.1. The van der Waals surface area contributed by atoms with Crippen molar-refractivity contribution in [1.82, 2.24) is 15.1 Å². The summed E-state index contributed by atoms with van der Waals surface area (Å²) in [6, 6.07) is 5.85. The van der Waals surface area contributed by atoms with Crippen LogP contribution >= 0.6 is 36.4 Å². The number of carbonyl (C=O) groups excluding carboxylic acids is 1. The van der Waals surface area contributed by atoms with Gasteiger partial charge in [0.05, 0.1) is 0 Å². The van der Waals surface area contributed by atoms with E-state index in [0.29, 0.717) is 41.9 Å². The van der Waals surface area contributed by atoms with Crippen molar-refractivity contribution in [2.45, 2.75) is 50.7 Å². The van der Waals surface area contributed by atoms with Crippen molar-refractivity contribution < 1.29 is 9.18 Å². The molecule has 0 radical (unpaired) electrons. The van der Waals surface area contributed by atoms with Crippen LogP contribution in [0.15, 0.2) is 18.2 Å². The van der Waals surface area contributed by atoms with Crippen LogP contribution in [-0.4, -0.2) is 54.0 Å². The van der Waals surface area contributed by atoms with Crippen molar-refractivity contribution in [1.29, 1.82) is 0 Å². The summed E-state index contributed by atoms with van der Waals surface area (Å²) in [6.45, 7) is 3.94. The highest BCUT2D eigenvalue weighted by Crippen LogP contribution is 2.33. The van der Waals surface area contributed by atoms with E-state index in [1.165, 1.54) is 25.0 Å². The third-order valence-electron chi connectivity index (χ3n) is 6.17. The van der Waals surface area contributed by atoms with Gasteiger partial charge in [-0.2, -0.15) is 0 Å². The maximum absolute atomic E-state index is 13.2. The zero-order valence-corrected chi connectivity index (χ0v) is 18.3. The molecule has 0 saturated carbocycles. The molecule has 1 aromatic carbocycles. The quantitative estimate of drug-likeness (QED) is 0.753. The summed E-state index contributed by atoms with van der Waals surface area (Å²) in [4.78, 5) is 17.0. The number of amides is 1. The van der Waals surface area contributed by atoms with E-state index in [2.05, 4.69) is 10.2 Å². The second-order valence-corrected chi connectivity index (χ2v) is 8.48. The Morgan fingerprint density at radius 2 is 1.75 bits per heavy atom. The van der Waals surface area contributed by atoms with E-state index >= 15 is 0 Å². The second-order valence-electron chi connectivity index (χ2n) is 8.07. The van der Waals surface area contributed by atoms with Crippen LogP contribution in [0.25, 0.3) is 0 Å². The van der Waals surface area contributed by atoms with E-state index in [1.807, 2.05) is 4.90 Å². The summed E-state index contributed by atoms with van der Waals surface area (Å²) in [7, 11) is 0. The monoisotopic (exact) mass is 451 g/mol. The van der Waals surface area contributed by atoms with Gasteiger partial charge in [-0.25, -0.2) is 4.39 Å². The predicted molar refractivity (Wildman–Crippen MR) is 115 cm³/mol. The van der Waals surface area contributed by atoms with E-state index in [-0.39, 0.29) is 30.6 Å². The Balaban J connectivity index is 0.00000140. The van der Waals surface area contributed by atoms with Crippen LogP contribution in [0.2, 0.25) is 5.02 Å². The summed E-state index contributed by atoms with van der Waals surface area (Å²) in [5, 5.41) is 4.12. The third-order valence-corrected chi connectivity index (χ3v) is 6.52. The average molecular weight is 453 g/mol. The van der Waals surface area contributed by atoms with E-state index in [9.17, 15) is 9.18 Å². The molecule has 3 heterocycles. The maximum Gasteiger partial charge on any atom is 0.222 e. The molecule has 3 saturated heterocycles. The fourth-order valence-corrected chi connectivity index (χ4v) is 4.99. The molecule has 3 aliphatic heterocycles. The van der Waals surface area contributed by atoms with E-state index in [0.717, 1.165) is 44.6 Å². The fourth-order valence-electron chi connectivity index (χ4n) is 4.76. The van der Waals surface area contributed by atoms with Gasteiger partial charge in [-0.15, -0.1) is 24.8 Å². The van der Waals surface area contributed by atoms with Gasteiger partial charge in [0.1, 0.15) is 5.82 Å². The van der Waals surface area contributed by atoms with E-state index < -0.39 is 0 Å². The minimum absolute atomic E-state index is 0. The van der Waals surface area contributed by atoms with Gasteiger partial charge in [-0.1, -0.05) is 17.7 Å². The number of rotatable bonds is 4. The van der Waals surface area contributed by atoms with Gasteiger partial charge in [0.2, 0.25) is 5.91 Å². The molecule has 28 heavy (non-hydrogen) atoms. The van der Waals surface area contributed by atoms with Crippen LogP contribution in [0.3, 0.4) is 0 Å². The van der Waals surface area contributed by atoms with Gasteiger partial charge in [-0.05, 0) is 49.3 Å². The molecule has 2 atom stereocenters. The van der Waals surface area contributed by atoms with Crippen LogP contribution in [0, 0.1) is 11.7 Å². The minimum Gasteiger partial charge on any atom is -0.340 e. The molecule has 0 aliphatic carbocycles. The Kier molecular flexibility index (Phi) is 8.83. The molecule has 0 spiro atoms. The number of piperazine rings is 1. The molecule has 2 bridgehead atoms. The Hall–Kier alpha value is -0.590. The topological polar surface area (TPSA) is 35.6 Å². The Morgan fingerprint density at radius 3 is 2.36 bits per heavy atom. The fraction of sp³-hybridized carbons (Fsp3) is 0.650. The number of hydrogen-bond acceptors (Lipinski definition) is 3. The molecular weight excluding hydrogens is 424 g/mol. The predicted octanol–water partition coefficient (Wildman–Crippen LogP) is 3.89. The minimum atomic E-state index is -0.305. The highest BCUT2D eigenvalue weighted by molar-refractivity contribution is 6.31. The smallest absolute Gasteiger partial charge is 0.222 e. The largest absolute Gasteiger partial charge is 0.340 e. The molecule has 1 N–H and O–H groups in total. The Morgan fingerprint density at radius 1 is 1.11 bits per heavy atom. The highest BCUT2D eigenvalue weighted by Gasteiger charge is 2.35. The van der Waals surface area contributed by atoms with Crippen molar-refractivity contribution in [3.8, 4) is 0 Å². The zero-order chi connectivity index (χ0) is 18.1. The summed E-state index contributed by atoms with van der Waals surface area (Å²) in [6.07, 6.45) is 5.58. The first kappa shape index (κ1) is 23.7. The van der Waals surface area contributed by atoms with Crippen molar-refractivity contribution in [3.05, 3.63) is 34.6 Å². The Bertz CT molecular complexity index is 658. The number of hydrogen-bond donors (Lipinski definition) is 1. The SMILES string of the molecule is Cl.Cl.O=C(CC1CC2CCC(C1)N2)N1CCN(Cc2ccc(F)cc2Cl)CC1. The number of carbonyl (C=O) groups is 1. The molecule has 0 aromatic heterocycles. The molecule has 8 heteroatoms. The van der Waals surface area contributed by atoms with Gasteiger partial charge in [0.15, 0.2) is 0 Å². The standard InChI is InChI=1S/C20H27ClFN3O.2ClH/c21-19-12-16(22)2-1-15(19)13-24-5-7-25(8-6-24)20(26)11-14-9-17-3-4-18(10-14)23-17;;/h1-2,12,14,17-18,23H,3-11,13H2;2*1H. The van der Waals surface area contributed by atoms with Crippen LogP contribution < -0.4 is 5.32 Å². The average Bonchev–Trinajstić information content (AvgIpc) is 2.96. The lowest BCUT2D eigenvalue weighted by atomic mass is 9.89. The number of fused-ring (bicyclic) bond motifs is 2. The molecule has 158 valence electrons. The lowest BCUT2D eigenvalue weighted by Crippen LogP contribution is -2.49. The first-order chi connectivity index (χ1) is 12.6. The van der Waals surface area contributed by atoms with E-state index in [1.54, 1.807) is 6.07 Å². The number of piperidine rings is 1. The van der Waals surface area contributed by atoms with Gasteiger partial charge in [0.25, 0.3) is 0 Å². The summed E-state index contributed by atoms with van der Waals surface area (Å²) < 4.78 is 13.2. The van der Waals surface area contributed by atoms with Crippen LogP contribution in [0.4, 0.5) is 4.39 Å². The molecule has 2 unspecified atom stereocenters. The molecule has 4 rings (SSSR count). The van der Waals surface area contributed by atoms with E-state index in [4.69, 9.17) is 11.6 Å². The summed E-state index contributed by atoms with van der Waals surface area (Å²) in [5.41, 5.74) is 0.943. The molecule has 3 aliphatic rings.